The van der Waals surface area contributed by atoms with Crippen molar-refractivity contribution in [1.82, 2.24) is 15.2 Å². The van der Waals surface area contributed by atoms with E-state index < -0.39 is 45.4 Å². The highest BCUT2D eigenvalue weighted by Gasteiger charge is 2.59. The molecule has 14 nitrogen and oxygen atoms in total. The Labute approximate surface area is 272 Å². The largest absolute Gasteiger partial charge is 0.497 e. The third kappa shape index (κ3) is 6.22. The SMILES string of the molecule is CCOc1ncccc1C1(NC(=O)OC2CN(C(=O)OC(C)(C)C)C2)C(=O)N(S(=O)(=O)c2ccc(OC)cc2)c2ccc(OC)cc21. The minimum atomic E-state index is -4.56. The standard InChI is InChI=1S/C32H36N4O10S/c1-7-44-27-24(9-8-16-33-27)32(34-29(38)45-22-18-35(19-22)30(39)46-31(2,3)4)25-17-21(43-6)12-15-26(25)36(28(32)37)47(40,41)23-13-10-20(42-5)11-14-23/h8-17,22H,7,18-19H2,1-6H3,(H,34,38). The van der Waals surface area contributed by atoms with Crippen LogP contribution in [-0.4, -0.2) is 82.0 Å². The van der Waals surface area contributed by atoms with Gasteiger partial charge in [0.1, 0.15) is 23.2 Å². The monoisotopic (exact) mass is 668 g/mol. The number of sulfonamides is 1. The molecule has 2 aliphatic heterocycles. The van der Waals surface area contributed by atoms with Gasteiger partial charge in [-0.15, -0.1) is 0 Å². The Morgan fingerprint density at radius 2 is 1.66 bits per heavy atom. The molecule has 3 heterocycles. The zero-order valence-corrected chi connectivity index (χ0v) is 27.6. The van der Waals surface area contributed by atoms with Crippen LogP contribution >= 0.6 is 0 Å². The second kappa shape index (κ2) is 12.6. The van der Waals surface area contributed by atoms with Crippen LogP contribution in [0.25, 0.3) is 0 Å². The van der Waals surface area contributed by atoms with Gasteiger partial charge in [0.15, 0.2) is 5.54 Å². The van der Waals surface area contributed by atoms with E-state index in [-0.39, 0.29) is 53.0 Å². The van der Waals surface area contributed by atoms with Crippen molar-refractivity contribution < 1.29 is 46.5 Å². The second-order valence-corrected chi connectivity index (χ2v) is 13.5. The molecule has 250 valence electrons. The Balaban J connectivity index is 1.58. The van der Waals surface area contributed by atoms with E-state index in [4.69, 9.17) is 23.7 Å². The Bertz CT molecular complexity index is 1790. The highest BCUT2D eigenvalue weighted by Crippen LogP contribution is 2.50. The summed E-state index contributed by atoms with van der Waals surface area (Å²) in [6, 6.07) is 13.0. The number of nitrogens with one attached hydrogen (secondary N) is 1. The van der Waals surface area contributed by atoms with E-state index in [9.17, 15) is 22.8 Å². The summed E-state index contributed by atoms with van der Waals surface area (Å²) in [5.74, 6) is -0.348. The highest BCUT2D eigenvalue weighted by molar-refractivity contribution is 7.93. The number of methoxy groups -OCH3 is 2. The molecule has 5 rings (SSSR count). The van der Waals surface area contributed by atoms with Crippen molar-refractivity contribution in [2.24, 2.45) is 0 Å². The molecular formula is C32H36N4O10S. The van der Waals surface area contributed by atoms with E-state index in [1.807, 2.05) is 0 Å². The topological polar surface area (TPSA) is 163 Å². The molecule has 0 bridgehead atoms. The number of carbonyl (C=O) groups excluding carboxylic acids is 3. The molecule has 1 N–H and O–H groups in total. The van der Waals surface area contributed by atoms with Crippen LogP contribution in [0.3, 0.4) is 0 Å². The lowest BCUT2D eigenvalue weighted by atomic mass is 9.84. The summed E-state index contributed by atoms with van der Waals surface area (Å²) in [7, 11) is -1.70. The van der Waals surface area contributed by atoms with Gasteiger partial charge in [0, 0.05) is 11.8 Å². The van der Waals surface area contributed by atoms with Gasteiger partial charge in [-0.1, -0.05) is 0 Å². The summed E-state index contributed by atoms with van der Waals surface area (Å²) in [5, 5.41) is 2.67. The summed E-state index contributed by atoms with van der Waals surface area (Å²) >= 11 is 0. The van der Waals surface area contributed by atoms with Crippen LogP contribution in [0.15, 0.2) is 65.7 Å². The predicted octanol–water partition coefficient (Wildman–Crippen LogP) is 3.82. The van der Waals surface area contributed by atoms with Crippen LogP contribution in [0.4, 0.5) is 15.3 Å². The van der Waals surface area contributed by atoms with Gasteiger partial charge in [-0.2, -0.15) is 4.31 Å². The Morgan fingerprint density at radius 1 is 1.00 bits per heavy atom. The number of alkyl carbamates (subject to hydrolysis) is 1. The van der Waals surface area contributed by atoms with Crippen LogP contribution in [-0.2, 0) is 29.8 Å². The number of hydrogen-bond donors (Lipinski definition) is 1. The minimum Gasteiger partial charge on any atom is -0.497 e. The number of ether oxygens (including phenoxy) is 5. The molecule has 2 aromatic carbocycles. The van der Waals surface area contributed by atoms with Crippen molar-refractivity contribution >= 4 is 33.8 Å². The first-order chi connectivity index (χ1) is 22.2. The molecule has 3 amide bonds. The average Bonchev–Trinajstić information content (AvgIpc) is 3.25. The van der Waals surface area contributed by atoms with Gasteiger partial charge in [-0.3, -0.25) is 10.1 Å². The molecule has 0 spiro atoms. The van der Waals surface area contributed by atoms with E-state index in [1.165, 1.54) is 79.9 Å². The molecule has 1 unspecified atom stereocenters. The molecule has 1 fully saturated rings. The summed E-state index contributed by atoms with van der Waals surface area (Å²) < 4.78 is 56.4. The maximum absolute atomic E-state index is 14.8. The van der Waals surface area contributed by atoms with Crippen LogP contribution in [0, 0.1) is 0 Å². The fourth-order valence-electron chi connectivity index (χ4n) is 5.29. The zero-order valence-electron chi connectivity index (χ0n) is 26.8. The molecule has 47 heavy (non-hydrogen) atoms. The summed E-state index contributed by atoms with van der Waals surface area (Å²) in [6.07, 6.45) is -0.883. The highest BCUT2D eigenvalue weighted by atomic mass is 32.2. The Morgan fingerprint density at radius 3 is 2.28 bits per heavy atom. The van der Waals surface area contributed by atoms with E-state index >= 15 is 0 Å². The lowest BCUT2D eigenvalue weighted by molar-refractivity contribution is -0.121. The predicted molar refractivity (Wildman–Crippen MR) is 168 cm³/mol. The average molecular weight is 669 g/mol. The quantitative estimate of drug-likeness (QED) is 0.353. The molecule has 2 aliphatic rings. The lowest BCUT2D eigenvalue weighted by Crippen LogP contribution is -2.59. The number of amides is 3. The lowest BCUT2D eigenvalue weighted by Gasteiger charge is -2.39. The smallest absolute Gasteiger partial charge is 0.410 e. The number of nitrogens with zero attached hydrogens (tertiary/aromatic N) is 3. The van der Waals surface area contributed by atoms with Crippen molar-refractivity contribution in [2.45, 2.75) is 49.8 Å². The Kier molecular flexibility index (Phi) is 8.95. The molecule has 0 saturated carbocycles. The first-order valence-corrected chi connectivity index (χ1v) is 16.2. The van der Waals surface area contributed by atoms with Gasteiger partial charge in [-0.25, -0.2) is 23.0 Å². The fourth-order valence-corrected chi connectivity index (χ4v) is 6.75. The van der Waals surface area contributed by atoms with Crippen LogP contribution in [0.1, 0.15) is 38.8 Å². The van der Waals surface area contributed by atoms with Gasteiger partial charge >= 0.3 is 12.2 Å². The number of aromatic nitrogens is 1. The number of hydrogen-bond acceptors (Lipinski definition) is 11. The Hall–Kier alpha value is -5.05. The molecular weight excluding hydrogens is 632 g/mol. The van der Waals surface area contributed by atoms with E-state index in [0.717, 1.165) is 0 Å². The van der Waals surface area contributed by atoms with Gasteiger partial charge in [0.25, 0.3) is 15.9 Å². The van der Waals surface area contributed by atoms with Crippen molar-refractivity contribution in [3.8, 4) is 17.4 Å². The molecule has 0 aliphatic carbocycles. The number of rotatable bonds is 9. The van der Waals surface area contributed by atoms with Crippen molar-refractivity contribution in [3.63, 3.8) is 0 Å². The summed E-state index contributed by atoms with van der Waals surface area (Å²) in [5.41, 5.74) is -2.79. The molecule has 1 aromatic heterocycles. The minimum absolute atomic E-state index is 0.0131. The van der Waals surface area contributed by atoms with Crippen molar-refractivity contribution in [3.05, 3.63) is 71.9 Å². The number of likely N-dealkylation sites (tertiary alicyclic amines) is 1. The molecule has 1 saturated heterocycles. The summed E-state index contributed by atoms with van der Waals surface area (Å²) in [6.45, 7) is 7.21. The van der Waals surface area contributed by atoms with Gasteiger partial charge in [0.05, 0.1) is 50.1 Å². The van der Waals surface area contributed by atoms with Gasteiger partial charge in [-0.05, 0) is 82.3 Å². The van der Waals surface area contributed by atoms with E-state index in [1.54, 1.807) is 27.7 Å². The fraction of sp³-hybridized carbons (Fsp3) is 0.375. The van der Waals surface area contributed by atoms with Gasteiger partial charge < -0.3 is 28.6 Å². The van der Waals surface area contributed by atoms with E-state index in [0.29, 0.717) is 10.1 Å². The van der Waals surface area contributed by atoms with Crippen LogP contribution < -0.4 is 23.8 Å². The third-order valence-corrected chi connectivity index (χ3v) is 9.16. The number of carbonyl (C=O) groups is 3. The normalized spacial score (nSPS) is 17.8. The van der Waals surface area contributed by atoms with Crippen molar-refractivity contribution in [1.29, 1.82) is 0 Å². The number of fused-ring (bicyclic) bond motifs is 1. The molecule has 0 radical (unpaired) electrons. The number of anilines is 1. The third-order valence-electron chi connectivity index (χ3n) is 7.45. The molecule has 15 heteroatoms. The number of pyridine rings is 1. The summed E-state index contributed by atoms with van der Waals surface area (Å²) in [4.78, 5) is 46.4. The van der Waals surface area contributed by atoms with Crippen LogP contribution in [0.2, 0.25) is 0 Å². The molecule has 1 atom stereocenters. The maximum Gasteiger partial charge on any atom is 0.410 e. The first-order valence-electron chi connectivity index (χ1n) is 14.7. The zero-order chi connectivity index (χ0) is 34.1. The molecule has 3 aromatic rings. The first kappa shape index (κ1) is 33.3. The van der Waals surface area contributed by atoms with E-state index in [2.05, 4.69) is 10.3 Å². The van der Waals surface area contributed by atoms with Crippen molar-refractivity contribution in [2.75, 3.05) is 38.2 Å². The van der Waals surface area contributed by atoms with Crippen LogP contribution in [0.5, 0.6) is 17.4 Å². The number of benzene rings is 2. The van der Waals surface area contributed by atoms with Gasteiger partial charge in [0.2, 0.25) is 5.88 Å². The maximum atomic E-state index is 14.8. The second-order valence-electron chi connectivity index (χ2n) is 11.7.